The highest BCUT2D eigenvalue weighted by molar-refractivity contribution is 6.36. The molecule has 3 atom stereocenters. The van der Waals surface area contributed by atoms with Gasteiger partial charge < -0.3 is 34.7 Å². The van der Waals surface area contributed by atoms with Crippen molar-refractivity contribution in [3.63, 3.8) is 0 Å². The number of carboxylic acid groups (broad SMARTS) is 1. The molecule has 1 unspecified atom stereocenters. The minimum atomic E-state index is -0.912. The van der Waals surface area contributed by atoms with Crippen molar-refractivity contribution in [3.05, 3.63) is 75.7 Å². The van der Waals surface area contributed by atoms with Crippen molar-refractivity contribution in [2.75, 3.05) is 19.0 Å². The van der Waals surface area contributed by atoms with Crippen LogP contribution in [0.5, 0.6) is 0 Å². The fourth-order valence-electron chi connectivity index (χ4n) is 5.32. The summed E-state index contributed by atoms with van der Waals surface area (Å²) in [5, 5.41) is 16.3. The van der Waals surface area contributed by atoms with Crippen molar-refractivity contribution in [2.45, 2.75) is 44.1 Å². The lowest BCUT2D eigenvalue weighted by molar-refractivity contribution is -0.137. The third-order valence-electron chi connectivity index (χ3n) is 7.45. The molecule has 2 amide bonds. The molecule has 1 fully saturated rings. The molecule has 3 heterocycles. The molecule has 10 nitrogen and oxygen atoms in total. The van der Waals surface area contributed by atoms with Crippen molar-refractivity contribution in [1.29, 1.82) is 0 Å². The van der Waals surface area contributed by atoms with Crippen molar-refractivity contribution < 1.29 is 29.0 Å². The summed E-state index contributed by atoms with van der Waals surface area (Å²) < 4.78 is 13.3. The van der Waals surface area contributed by atoms with E-state index in [0.29, 0.717) is 40.6 Å². The Morgan fingerprint density at radius 1 is 1.20 bits per heavy atom. The summed E-state index contributed by atoms with van der Waals surface area (Å²) in [6.45, 7) is 0.372. The Morgan fingerprint density at radius 3 is 2.73 bits per heavy atom. The number of fused-ring (bicyclic) bond motifs is 1. The van der Waals surface area contributed by atoms with Crippen LogP contribution in [0.2, 0.25) is 10.0 Å². The number of rotatable bonds is 9. The lowest BCUT2D eigenvalue weighted by Gasteiger charge is -2.29. The molecule has 1 saturated heterocycles. The van der Waals surface area contributed by atoms with Gasteiger partial charge in [-0.1, -0.05) is 41.4 Å². The van der Waals surface area contributed by atoms with Crippen molar-refractivity contribution in [1.82, 2.24) is 14.8 Å². The van der Waals surface area contributed by atoms with Gasteiger partial charge in [0.25, 0.3) is 5.91 Å². The van der Waals surface area contributed by atoms with Crippen LogP contribution in [0.3, 0.4) is 0 Å². The van der Waals surface area contributed by atoms with E-state index in [9.17, 15) is 14.4 Å². The summed E-state index contributed by atoms with van der Waals surface area (Å²) in [7, 11) is 3.47. The van der Waals surface area contributed by atoms with Gasteiger partial charge in [-0.05, 0) is 23.8 Å². The molecule has 0 spiro atoms. The van der Waals surface area contributed by atoms with Gasteiger partial charge in [0.05, 0.1) is 41.3 Å². The van der Waals surface area contributed by atoms with E-state index in [1.54, 1.807) is 36.5 Å². The first-order valence-electron chi connectivity index (χ1n) is 13.1. The molecular weight excluding hydrogens is 571 g/mol. The van der Waals surface area contributed by atoms with E-state index < -0.39 is 12.2 Å². The summed E-state index contributed by atoms with van der Waals surface area (Å²) in [4.78, 5) is 39.2. The number of aliphatic carboxylic acids is 1. The van der Waals surface area contributed by atoms with Crippen LogP contribution < -0.4 is 10.6 Å². The smallest absolute Gasteiger partial charge is 0.303 e. The van der Waals surface area contributed by atoms with Crippen LogP contribution in [-0.2, 0) is 32.5 Å². The van der Waals surface area contributed by atoms with Crippen molar-refractivity contribution >= 4 is 57.6 Å². The Balaban J connectivity index is 1.27. The lowest BCUT2D eigenvalue weighted by Crippen LogP contribution is -2.47. The van der Waals surface area contributed by atoms with Crippen LogP contribution in [-0.4, -0.2) is 64.4 Å². The maximum atomic E-state index is 13.5. The molecule has 2 aromatic carbocycles. The molecule has 216 valence electrons. The number of hydrogen-bond acceptors (Lipinski definition) is 6. The molecule has 12 heteroatoms. The molecule has 5 rings (SSSR count). The number of halogens is 2. The number of aryl methyl sites for hydroxylation is 1. The Morgan fingerprint density at radius 2 is 1.98 bits per heavy atom. The van der Waals surface area contributed by atoms with E-state index in [4.69, 9.17) is 37.8 Å². The van der Waals surface area contributed by atoms with E-state index in [0.717, 1.165) is 10.9 Å². The Kier molecular flexibility index (Phi) is 8.44. The van der Waals surface area contributed by atoms with Crippen LogP contribution in [0.15, 0.2) is 54.6 Å². The fourth-order valence-corrected chi connectivity index (χ4v) is 5.79. The number of likely N-dealkylation sites (tertiary alicyclic amines) is 1. The van der Waals surface area contributed by atoms with Crippen LogP contribution in [0, 0.1) is 0 Å². The van der Waals surface area contributed by atoms with E-state index in [2.05, 4.69) is 10.6 Å². The second kappa shape index (κ2) is 12.0. The average Bonchev–Trinajstić information content (AvgIpc) is 3.67. The largest absolute Gasteiger partial charge is 0.481 e. The Hall–Kier alpha value is -3.73. The van der Waals surface area contributed by atoms with Gasteiger partial charge in [-0.3, -0.25) is 14.4 Å². The zero-order valence-corrected chi connectivity index (χ0v) is 24.0. The monoisotopic (exact) mass is 600 g/mol. The second-order valence-electron chi connectivity index (χ2n) is 10.1. The zero-order valence-electron chi connectivity index (χ0n) is 22.5. The van der Waals surface area contributed by atoms with Gasteiger partial charge in [0.2, 0.25) is 5.91 Å². The first-order chi connectivity index (χ1) is 19.6. The van der Waals surface area contributed by atoms with Crippen molar-refractivity contribution in [3.8, 4) is 0 Å². The maximum absolute atomic E-state index is 13.5. The quantitative estimate of drug-likeness (QED) is 0.329. The molecule has 2 aliphatic rings. The molecular formula is C29H30Cl2N4O6. The van der Waals surface area contributed by atoms with E-state index in [1.807, 2.05) is 35.9 Å². The van der Waals surface area contributed by atoms with Gasteiger partial charge >= 0.3 is 5.97 Å². The van der Waals surface area contributed by atoms with Gasteiger partial charge in [0, 0.05) is 61.9 Å². The summed E-state index contributed by atoms with van der Waals surface area (Å²) in [5.41, 5.74) is 2.29. The number of benzene rings is 2. The number of aromatic nitrogens is 1. The normalized spacial score (nSPS) is 20.0. The van der Waals surface area contributed by atoms with Gasteiger partial charge in [0.15, 0.2) is 6.23 Å². The third kappa shape index (κ3) is 6.14. The highest BCUT2D eigenvalue weighted by Crippen LogP contribution is 2.33. The maximum Gasteiger partial charge on any atom is 0.303 e. The number of carboxylic acids is 1. The predicted molar refractivity (Wildman–Crippen MR) is 155 cm³/mol. The number of methoxy groups -OCH3 is 1. The Bertz CT molecular complexity index is 1540. The van der Waals surface area contributed by atoms with Gasteiger partial charge in [0.1, 0.15) is 5.76 Å². The van der Waals surface area contributed by atoms with Crippen LogP contribution in [0.4, 0.5) is 5.69 Å². The highest BCUT2D eigenvalue weighted by Gasteiger charge is 2.42. The lowest BCUT2D eigenvalue weighted by atomic mass is 10.1. The van der Waals surface area contributed by atoms with Gasteiger partial charge in [-0.2, -0.15) is 0 Å². The molecule has 1 aromatic heterocycles. The molecule has 3 aromatic rings. The number of hydrogen-bond donors (Lipinski definition) is 3. The SMILES string of the molecule is CO[C@H]1C[C@@H](C2NC=C(CCC(=O)O)O2)N(C(=O)Cc2cc(Cl)c(NC(=O)c3cn(C)c4ccccc34)cc2Cl)C1. The number of carbonyl (C=O) groups is 3. The Labute approximate surface area is 246 Å². The molecule has 41 heavy (non-hydrogen) atoms. The van der Waals surface area contributed by atoms with Gasteiger partial charge in [-0.25, -0.2) is 0 Å². The number of para-hydroxylation sites is 1. The number of nitrogens with one attached hydrogen (secondary N) is 2. The standard InChI is InChI=1S/C29H30Cl2N4O6/c1-34-15-20(19-5-3-4-6-24(19)34)28(39)33-23-12-21(30)16(9-22(23)31)10-26(36)35-14-18(40-2)11-25(35)29-32-13-17(41-29)7-8-27(37)38/h3-6,9,12-13,15,18,25,29,32H,7-8,10-11,14H2,1-2H3,(H,33,39)(H,37,38)/t18-,25-,29?/m0/s1. The summed E-state index contributed by atoms with van der Waals surface area (Å²) in [6.07, 6.45) is 3.45. The predicted octanol–water partition coefficient (Wildman–Crippen LogP) is 4.55. The first kappa shape index (κ1) is 28.8. The van der Waals surface area contributed by atoms with E-state index >= 15 is 0 Å². The van der Waals surface area contributed by atoms with Crippen molar-refractivity contribution in [2.24, 2.45) is 7.05 Å². The second-order valence-corrected chi connectivity index (χ2v) is 11.0. The van der Waals surface area contributed by atoms with E-state index in [-0.39, 0.29) is 48.2 Å². The van der Waals surface area contributed by atoms with Crippen LogP contribution in [0.1, 0.15) is 35.2 Å². The summed E-state index contributed by atoms with van der Waals surface area (Å²) in [5.74, 6) is -0.898. The molecule has 2 aliphatic heterocycles. The number of carbonyl (C=O) groups excluding carboxylic acids is 2. The third-order valence-corrected chi connectivity index (χ3v) is 8.11. The molecule has 0 radical (unpaired) electrons. The molecule has 0 saturated carbocycles. The molecule has 3 N–H and O–H groups in total. The highest BCUT2D eigenvalue weighted by atomic mass is 35.5. The number of amides is 2. The summed E-state index contributed by atoms with van der Waals surface area (Å²) in [6, 6.07) is 10.4. The number of ether oxygens (including phenoxy) is 2. The van der Waals surface area contributed by atoms with Crippen LogP contribution >= 0.6 is 23.2 Å². The topological polar surface area (TPSA) is 122 Å². The van der Waals surface area contributed by atoms with Gasteiger partial charge in [-0.15, -0.1) is 0 Å². The number of allylic oxidation sites excluding steroid dienone is 1. The fraction of sp³-hybridized carbons (Fsp3) is 0.345. The average molecular weight is 601 g/mol. The number of nitrogens with zero attached hydrogens (tertiary/aromatic N) is 2. The minimum Gasteiger partial charge on any atom is -0.481 e. The molecule has 0 bridgehead atoms. The summed E-state index contributed by atoms with van der Waals surface area (Å²) >= 11 is 13.1. The van der Waals surface area contributed by atoms with E-state index in [1.165, 1.54) is 0 Å². The number of anilines is 1. The van der Waals surface area contributed by atoms with Crippen LogP contribution in [0.25, 0.3) is 10.9 Å². The molecule has 0 aliphatic carbocycles. The zero-order chi connectivity index (χ0) is 29.3. The minimum absolute atomic E-state index is 0.0188. The first-order valence-corrected chi connectivity index (χ1v) is 13.9.